The highest BCUT2D eigenvalue weighted by Gasteiger charge is 2.13. The molecule has 1 amide bonds. The van der Waals surface area contributed by atoms with Gasteiger partial charge in [0.25, 0.3) is 5.91 Å². The molecule has 2 aromatic carbocycles. The molecule has 1 atom stereocenters. The number of hydrogen-bond donors (Lipinski definition) is 1. The van der Waals surface area contributed by atoms with Gasteiger partial charge in [0.1, 0.15) is 5.75 Å². The second-order valence-electron chi connectivity index (χ2n) is 6.12. The summed E-state index contributed by atoms with van der Waals surface area (Å²) in [6.45, 7) is 2.21. The van der Waals surface area contributed by atoms with E-state index >= 15 is 0 Å². The van der Waals surface area contributed by atoms with Crippen LogP contribution in [0.15, 0.2) is 54.6 Å². The normalized spacial score (nSPS) is 11.5. The van der Waals surface area contributed by atoms with Gasteiger partial charge in [0, 0.05) is 6.54 Å². The average molecular weight is 355 g/mol. The summed E-state index contributed by atoms with van der Waals surface area (Å²) < 4.78 is 10.2. The van der Waals surface area contributed by atoms with Gasteiger partial charge in [-0.2, -0.15) is 0 Å². The maximum absolute atomic E-state index is 11.9. The maximum Gasteiger partial charge on any atom is 0.306 e. The number of hydrogen-bond acceptors (Lipinski definition) is 4. The van der Waals surface area contributed by atoms with Crippen LogP contribution >= 0.6 is 0 Å². The number of benzene rings is 2. The van der Waals surface area contributed by atoms with Gasteiger partial charge >= 0.3 is 5.97 Å². The number of ether oxygens (including phenoxy) is 2. The minimum atomic E-state index is -0.369. The topological polar surface area (TPSA) is 64.6 Å². The van der Waals surface area contributed by atoms with E-state index in [1.165, 1.54) is 0 Å². The van der Waals surface area contributed by atoms with Crippen LogP contribution in [-0.2, 0) is 20.7 Å². The monoisotopic (exact) mass is 355 g/mol. The van der Waals surface area contributed by atoms with Gasteiger partial charge in [0.15, 0.2) is 6.61 Å². The molecule has 0 bridgehead atoms. The van der Waals surface area contributed by atoms with Crippen molar-refractivity contribution in [3.05, 3.63) is 65.7 Å². The SMILES string of the molecule is COc1ccc(CCNC(=O)COC(=O)C[C@H](C)c2ccccc2)cc1. The largest absolute Gasteiger partial charge is 0.497 e. The molecule has 0 aromatic heterocycles. The van der Waals surface area contributed by atoms with Crippen molar-refractivity contribution in [1.82, 2.24) is 5.32 Å². The molecular weight excluding hydrogens is 330 g/mol. The van der Waals surface area contributed by atoms with E-state index in [2.05, 4.69) is 5.32 Å². The number of carbonyl (C=O) groups excluding carboxylic acids is 2. The third-order valence-electron chi connectivity index (χ3n) is 4.10. The molecule has 0 unspecified atom stereocenters. The van der Waals surface area contributed by atoms with E-state index in [-0.39, 0.29) is 30.8 Å². The minimum Gasteiger partial charge on any atom is -0.497 e. The van der Waals surface area contributed by atoms with E-state index in [1.807, 2.05) is 61.5 Å². The lowest BCUT2D eigenvalue weighted by atomic mass is 9.98. The van der Waals surface area contributed by atoms with Gasteiger partial charge in [-0.25, -0.2) is 0 Å². The van der Waals surface area contributed by atoms with Crippen molar-refractivity contribution in [2.24, 2.45) is 0 Å². The first-order chi connectivity index (χ1) is 12.6. The zero-order valence-electron chi connectivity index (χ0n) is 15.2. The molecule has 138 valence electrons. The highest BCUT2D eigenvalue weighted by molar-refractivity contribution is 5.80. The summed E-state index contributed by atoms with van der Waals surface area (Å²) in [5.41, 5.74) is 2.17. The van der Waals surface area contributed by atoms with Gasteiger partial charge in [-0.05, 0) is 35.6 Å². The van der Waals surface area contributed by atoms with Crippen LogP contribution in [0.1, 0.15) is 30.4 Å². The first-order valence-corrected chi connectivity index (χ1v) is 8.68. The Hall–Kier alpha value is -2.82. The molecule has 5 heteroatoms. The van der Waals surface area contributed by atoms with Crippen molar-refractivity contribution in [2.45, 2.75) is 25.7 Å². The van der Waals surface area contributed by atoms with Crippen LogP contribution in [0.3, 0.4) is 0 Å². The van der Waals surface area contributed by atoms with Gasteiger partial charge < -0.3 is 14.8 Å². The van der Waals surface area contributed by atoms with Crippen molar-refractivity contribution < 1.29 is 19.1 Å². The van der Waals surface area contributed by atoms with Crippen LogP contribution in [0.4, 0.5) is 0 Å². The van der Waals surface area contributed by atoms with Gasteiger partial charge in [-0.1, -0.05) is 49.4 Å². The zero-order chi connectivity index (χ0) is 18.8. The molecule has 0 aliphatic rings. The van der Waals surface area contributed by atoms with E-state index in [4.69, 9.17) is 9.47 Å². The van der Waals surface area contributed by atoms with Crippen molar-refractivity contribution in [1.29, 1.82) is 0 Å². The molecule has 0 aliphatic heterocycles. The van der Waals surface area contributed by atoms with E-state index in [0.717, 1.165) is 16.9 Å². The molecule has 2 rings (SSSR count). The second kappa shape index (κ2) is 10.2. The fraction of sp³-hybridized carbons (Fsp3) is 0.333. The van der Waals surface area contributed by atoms with Crippen LogP contribution < -0.4 is 10.1 Å². The van der Waals surface area contributed by atoms with Gasteiger partial charge in [-0.3, -0.25) is 9.59 Å². The number of methoxy groups -OCH3 is 1. The van der Waals surface area contributed by atoms with Crippen molar-refractivity contribution >= 4 is 11.9 Å². The van der Waals surface area contributed by atoms with Crippen LogP contribution in [0.2, 0.25) is 0 Å². The van der Waals surface area contributed by atoms with Crippen LogP contribution in [0, 0.1) is 0 Å². The van der Waals surface area contributed by atoms with E-state index in [9.17, 15) is 9.59 Å². The zero-order valence-corrected chi connectivity index (χ0v) is 15.2. The molecule has 0 heterocycles. The molecule has 0 spiro atoms. The Labute approximate surface area is 154 Å². The van der Waals surface area contributed by atoms with Gasteiger partial charge in [0.2, 0.25) is 0 Å². The van der Waals surface area contributed by atoms with E-state index in [0.29, 0.717) is 13.0 Å². The van der Waals surface area contributed by atoms with Crippen molar-refractivity contribution in [2.75, 3.05) is 20.3 Å². The quantitative estimate of drug-likeness (QED) is 0.702. The summed E-state index contributed by atoms with van der Waals surface area (Å²) in [6, 6.07) is 17.4. The Morgan fingerprint density at radius 3 is 2.38 bits per heavy atom. The third kappa shape index (κ3) is 6.59. The summed E-state index contributed by atoms with van der Waals surface area (Å²) >= 11 is 0. The lowest BCUT2D eigenvalue weighted by Crippen LogP contribution is -2.30. The number of amides is 1. The Kier molecular flexibility index (Phi) is 7.68. The van der Waals surface area contributed by atoms with E-state index < -0.39 is 0 Å². The van der Waals surface area contributed by atoms with E-state index in [1.54, 1.807) is 7.11 Å². The first kappa shape index (κ1) is 19.5. The summed E-state index contributed by atoms with van der Waals surface area (Å²) in [5.74, 6) is 0.196. The molecule has 0 saturated heterocycles. The second-order valence-corrected chi connectivity index (χ2v) is 6.12. The lowest BCUT2D eigenvalue weighted by molar-refractivity contribution is -0.148. The molecule has 1 N–H and O–H groups in total. The van der Waals surface area contributed by atoms with Crippen molar-refractivity contribution in [3.63, 3.8) is 0 Å². The summed E-state index contributed by atoms with van der Waals surface area (Å²) in [4.78, 5) is 23.7. The predicted molar refractivity (Wildman–Crippen MR) is 100 cm³/mol. The maximum atomic E-state index is 11.9. The Balaban J connectivity index is 1.63. The fourth-order valence-electron chi connectivity index (χ4n) is 2.54. The van der Waals surface area contributed by atoms with Crippen molar-refractivity contribution in [3.8, 4) is 5.75 Å². The number of carbonyl (C=O) groups is 2. The summed E-state index contributed by atoms with van der Waals surface area (Å²) in [6.07, 6.45) is 0.956. The lowest BCUT2D eigenvalue weighted by Gasteiger charge is -2.11. The third-order valence-corrected chi connectivity index (χ3v) is 4.10. The van der Waals surface area contributed by atoms with Gasteiger partial charge in [0.05, 0.1) is 13.5 Å². The molecular formula is C21H25NO4. The standard InChI is InChI=1S/C21H25NO4/c1-16(18-6-4-3-5-7-18)14-21(24)26-15-20(23)22-13-12-17-8-10-19(25-2)11-9-17/h3-11,16H,12-15H2,1-2H3,(H,22,23)/t16-/m0/s1. The highest BCUT2D eigenvalue weighted by Crippen LogP contribution is 2.18. The fourth-order valence-corrected chi connectivity index (χ4v) is 2.54. The molecule has 0 fully saturated rings. The Morgan fingerprint density at radius 2 is 1.73 bits per heavy atom. The average Bonchev–Trinajstić information content (AvgIpc) is 2.67. The Morgan fingerprint density at radius 1 is 1.04 bits per heavy atom. The minimum absolute atomic E-state index is 0.0573. The number of esters is 1. The van der Waals surface area contributed by atoms with Gasteiger partial charge in [-0.15, -0.1) is 0 Å². The highest BCUT2D eigenvalue weighted by atomic mass is 16.5. The molecule has 0 saturated carbocycles. The molecule has 2 aromatic rings. The number of rotatable bonds is 9. The predicted octanol–water partition coefficient (Wildman–Crippen LogP) is 3.09. The molecule has 0 aliphatic carbocycles. The molecule has 0 radical (unpaired) electrons. The van der Waals surface area contributed by atoms with Crippen LogP contribution in [-0.4, -0.2) is 32.1 Å². The smallest absolute Gasteiger partial charge is 0.306 e. The summed E-state index contributed by atoms with van der Waals surface area (Å²) in [5, 5.41) is 2.75. The first-order valence-electron chi connectivity index (χ1n) is 8.68. The van der Waals surface area contributed by atoms with Crippen LogP contribution in [0.25, 0.3) is 0 Å². The Bertz CT molecular complexity index is 698. The molecule has 26 heavy (non-hydrogen) atoms. The van der Waals surface area contributed by atoms with Crippen LogP contribution in [0.5, 0.6) is 5.75 Å². The number of nitrogens with one attached hydrogen (secondary N) is 1. The summed E-state index contributed by atoms with van der Waals surface area (Å²) in [7, 11) is 1.62. The molecule has 5 nitrogen and oxygen atoms in total.